The van der Waals surface area contributed by atoms with Gasteiger partial charge in [-0.2, -0.15) is 0 Å². The Hall–Kier alpha value is -0.930. The molecule has 1 aromatic rings. The number of aromatic nitrogens is 1. The van der Waals surface area contributed by atoms with E-state index in [1.54, 1.807) is 12.4 Å². The Labute approximate surface area is 96.5 Å². The molecule has 1 aliphatic rings. The van der Waals surface area contributed by atoms with Crippen LogP contribution in [0.3, 0.4) is 0 Å². The molecule has 3 nitrogen and oxygen atoms in total. The number of ether oxygens (including phenoxy) is 1. The first-order valence-electron chi connectivity index (χ1n) is 5.89. The molecule has 88 valence electrons. The van der Waals surface area contributed by atoms with Crippen LogP contribution in [-0.4, -0.2) is 23.3 Å². The third kappa shape index (κ3) is 2.80. The minimum atomic E-state index is -0.768. The first-order chi connectivity index (χ1) is 7.68. The van der Waals surface area contributed by atoms with E-state index in [1.807, 2.05) is 19.1 Å². The third-order valence-electron chi connectivity index (χ3n) is 3.31. The molecule has 1 atom stereocenters. The van der Waals surface area contributed by atoms with Crippen LogP contribution < -0.4 is 0 Å². The summed E-state index contributed by atoms with van der Waals surface area (Å²) in [6.45, 7) is 3.53. The molecule has 1 fully saturated rings. The fraction of sp³-hybridized carbons (Fsp3) is 0.615. The van der Waals surface area contributed by atoms with Gasteiger partial charge in [0.2, 0.25) is 0 Å². The molecule has 0 aliphatic carbocycles. The van der Waals surface area contributed by atoms with Crippen LogP contribution in [0.25, 0.3) is 0 Å². The van der Waals surface area contributed by atoms with Crippen LogP contribution in [0.4, 0.5) is 0 Å². The van der Waals surface area contributed by atoms with Crippen molar-refractivity contribution in [3.05, 3.63) is 30.1 Å². The van der Waals surface area contributed by atoms with E-state index >= 15 is 0 Å². The smallest absolute Gasteiger partial charge is 0.0886 e. The Bertz CT molecular complexity index is 318. The van der Waals surface area contributed by atoms with E-state index in [-0.39, 0.29) is 0 Å². The van der Waals surface area contributed by atoms with Gasteiger partial charge in [0.05, 0.1) is 5.60 Å². The van der Waals surface area contributed by atoms with Crippen LogP contribution in [0.2, 0.25) is 0 Å². The number of pyridine rings is 1. The number of nitrogens with zero attached hydrogens (tertiary/aromatic N) is 1. The lowest BCUT2D eigenvalue weighted by atomic mass is 9.83. The third-order valence-corrected chi connectivity index (χ3v) is 3.31. The Morgan fingerprint density at radius 2 is 2.25 bits per heavy atom. The predicted octanol–water partition coefficient (Wildman–Crippen LogP) is 2.11. The van der Waals surface area contributed by atoms with E-state index in [2.05, 4.69) is 4.98 Å². The van der Waals surface area contributed by atoms with Crippen LogP contribution in [0.5, 0.6) is 0 Å². The standard InChI is InChI=1S/C13H19NO2/c1-13(15,12-3-2-6-14-10-12)9-11-4-7-16-8-5-11/h2-3,6,10-11,15H,4-5,7-9H2,1H3. The molecule has 0 bridgehead atoms. The van der Waals surface area contributed by atoms with Gasteiger partial charge in [0, 0.05) is 31.2 Å². The average molecular weight is 221 g/mol. The summed E-state index contributed by atoms with van der Waals surface area (Å²) in [5, 5.41) is 10.5. The van der Waals surface area contributed by atoms with E-state index in [1.165, 1.54) is 0 Å². The highest BCUT2D eigenvalue weighted by atomic mass is 16.5. The molecule has 0 amide bonds. The molecule has 1 aromatic heterocycles. The average Bonchev–Trinajstić information content (AvgIpc) is 2.31. The van der Waals surface area contributed by atoms with Crippen LogP contribution in [0, 0.1) is 5.92 Å². The normalized spacial score (nSPS) is 21.6. The minimum absolute atomic E-state index is 0.559. The molecule has 0 saturated carbocycles. The van der Waals surface area contributed by atoms with Crippen molar-refractivity contribution in [3.63, 3.8) is 0 Å². The summed E-state index contributed by atoms with van der Waals surface area (Å²) in [5.74, 6) is 0.559. The monoisotopic (exact) mass is 221 g/mol. The topological polar surface area (TPSA) is 42.4 Å². The summed E-state index contributed by atoms with van der Waals surface area (Å²) in [5.41, 5.74) is 0.137. The van der Waals surface area contributed by atoms with Gasteiger partial charge in [-0.3, -0.25) is 4.98 Å². The van der Waals surface area contributed by atoms with E-state index in [0.29, 0.717) is 5.92 Å². The van der Waals surface area contributed by atoms with Gasteiger partial charge in [-0.1, -0.05) is 6.07 Å². The molecular weight excluding hydrogens is 202 g/mol. The van der Waals surface area contributed by atoms with Crippen molar-refractivity contribution < 1.29 is 9.84 Å². The molecule has 0 radical (unpaired) electrons. The molecule has 0 spiro atoms. The van der Waals surface area contributed by atoms with Crippen LogP contribution in [0.15, 0.2) is 24.5 Å². The lowest BCUT2D eigenvalue weighted by Gasteiger charge is -2.30. The number of hydrogen-bond acceptors (Lipinski definition) is 3. The fourth-order valence-electron chi connectivity index (χ4n) is 2.31. The van der Waals surface area contributed by atoms with Crippen molar-refractivity contribution in [2.75, 3.05) is 13.2 Å². The number of hydrogen-bond donors (Lipinski definition) is 1. The summed E-state index contributed by atoms with van der Waals surface area (Å²) in [6.07, 6.45) is 6.38. The van der Waals surface area contributed by atoms with Crippen LogP contribution >= 0.6 is 0 Å². The summed E-state index contributed by atoms with van der Waals surface area (Å²) in [6, 6.07) is 3.81. The van der Waals surface area contributed by atoms with Crippen molar-refractivity contribution in [2.24, 2.45) is 5.92 Å². The Balaban J connectivity index is 2.01. The van der Waals surface area contributed by atoms with Crippen molar-refractivity contribution in [2.45, 2.75) is 31.8 Å². The summed E-state index contributed by atoms with van der Waals surface area (Å²) < 4.78 is 5.33. The molecule has 1 saturated heterocycles. The quantitative estimate of drug-likeness (QED) is 0.850. The Morgan fingerprint density at radius 3 is 2.88 bits per heavy atom. The molecule has 3 heteroatoms. The second kappa shape index (κ2) is 4.93. The zero-order chi connectivity index (χ0) is 11.4. The Kier molecular flexibility index (Phi) is 3.56. The summed E-state index contributed by atoms with van der Waals surface area (Å²) in [7, 11) is 0. The first-order valence-corrected chi connectivity index (χ1v) is 5.89. The van der Waals surface area contributed by atoms with E-state index in [4.69, 9.17) is 4.74 Å². The van der Waals surface area contributed by atoms with E-state index < -0.39 is 5.60 Å². The molecule has 2 heterocycles. The molecule has 16 heavy (non-hydrogen) atoms. The second-order valence-electron chi connectivity index (χ2n) is 4.78. The maximum atomic E-state index is 10.5. The lowest BCUT2D eigenvalue weighted by Crippen LogP contribution is -2.28. The molecule has 0 aromatic carbocycles. The molecule has 1 unspecified atom stereocenters. The van der Waals surface area contributed by atoms with Crippen LogP contribution in [0.1, 0.15) is 31.7 Å². The highest BCUT2D eigenvalue weighted by Gasteiger charge is 2.28. The van der Waals surface area contributed by atoms with E-state index in [0.717, 1.165) is 38.0 Å². The zero-order valence-electron chi connectivity index (χ0n) is 9.72. The molecule has 2 rings (SSSR count). The highest BCUT2D eigenvalue weighted by molar-refractivity contribution is 5.16. The minimum Gasteiger partial charge on any atom is -0.385 e. The van der Waals surface area contributed by atoms with Gasteiger partial charge in [-0.15, -0.1) is 0 Å². The molecule has 1 aliphatic heterocycles. The predicted molar refractivity (Wildman–Crippen MR) is 62.0 cm³/mol. The summed E-state index contributed by atoms with van der Waals surface area (Å²) >= 11 is 0. The number of aliphatic hydroxyl groups is 1. The first kappa shape index (κ1) is 11.6. The van der Waals surface area contributed by atoms with Gasteiger partial charge in [0.15, 0.2) is 0 Å². The molecule has 1 N–H and O–H groups in total. The Morgan fingerprint density at radius 1 is 1.50 bits per heavy atom. The van der Waals surface area contributed by atoms with Gasteiger partial charge in [-0.25, -0.2) is 0 Å². The number of rotatable bonds is 3. The van der Waals surface area contributed by atoms with Crippen molar-refractivity contribution in [3.8, 4) is 0 Å². The van der Waals surface area contributed by atoms with Gasteiger partial charge in [-0.05, 0) is 38.2 Å². The largest absolute Gasteiger partial charge is 0.385 e. The van der Waals surface area contributed by atoms with Crippen molar-refractivity contribution in [1.82, 2.24) is 4.98 Å². The maximum Gasteiger partial charge on any atom is 0.0886 e. The lowest BCUT2D eigenvalue weighted by molar-refractivity contribution is -0.00323. The summed E-state index contributed by atoms with van der Waals surface area (Å²) in [4.78, 5) is 4.06. The van der Waals surface area contributed by atoms with Crippen molar-refractivity contribution >= 4 is 0 Å². The second-order valence-corrected chi connectivity index (χ2v) is 4.78. The molecular formula is C13H19NO2. The van der Waals surface area contributed by atoms with E-state index in [9.17, 15) is 5.11 Å². The van der Waals surface area contributed by atoms with Gasteiger partial charge in [0.1, 0.15) is 0 Å². The fourth-order valence-corrected chi connectivity index (χ4v) is 2.31. The van der Waals surface area contributed by atoms with Crippen molar-refractivity contribution in [1.29, 1.82) is 0 Å². The maximum absolute atomic E-state index is 10.5. The zero-order valence-corrected chi connectivity index (χ0v) is 9.72. The highest BCUT2D eigenvalue weighted by Crippen LogP contribution is 2.31. The van der Waals surface area contributed by atoms with Gasteiger partial charge in [0.25, 0.3) is 0 Å². The SMILES string of the molecule is CC(O)(CC1CCOCC1)c1cccnc1. The van der Waals surface area contributed by atoms with Crippen LogP contribution in [-0.2, 0) is 10.3 Å². The van der Waals surface area contributed by atoms with Gasteiger partial charge >= 0.3 is 0 Å². The van der Waals surface area contributed by atoms with Gasteiger partial charge < -0.3 is 9.84 Å².